The number of rotatable bonds is 4. The topological polar surface area (TPSA) is 58.9 Å². The van der Waals surface area contributed by atoms with Gasteiger partial charge >= 0.3 is 0 Å². The van der Waals surface area contributed by atoms with E-state index in [-0.39, 0.29) is 5.75 Å². The second kappa shape index (κ2) is 4.89. The van der Waals surface area contributed by atoms with Crippen LogP contribution in [0, 0.1) is 0 Å². The van der Waals surface area contributed by atoms with E-state index in [2.05, 4.69) is 0 Å². The SMILES string of the molecule is CC[C@@H](O)c1cc(OC)c(O)c(OC)c1. The molecular formula is C11H16O4. The average Bonchev–Trinajstić information content (AvgIpc) is 2.28. The van der Waals surface area contributed by atoms with Crippen LogP contribution >= 0.6 is 0 Å². The van der Waals surface area contributed by atoms with Gasteiger partial charge in [0.05, 0.1) is 20.3 Å². The first-order valence-corrected chi connectivity index (χ1v) is 4.77. The molecule has 4 nitrogen and oxygen atoms in total. The summed E-state index contributed by atoms with van der Waals surface area (Å²) in [7, 11) is 2.91. The maximum Gasteiger partial charge on any atom is 0.200 e. The smallest absolute Gasteiger partial charge is 0.200 e. The fourth-order valence-electron chi connectivity index (χ4n) is 1.34. The quantitative estimate of drug-likeness (QED) is 0.799. The number of phenols is 1. The minimum atomic E-state index is -0.576. The zero-order chi connectivity index (χ0) is 11.4. The van der Waals surface area contributed by atoms with Gasteiger partial charge in [0.15, 0.2) is 11.5 Å². The van der Waals surface area contributed by atoms with E-state index in [1.165, 1.54) is 14.2 Å². The molecule has 15 heavy (non-hydrogen) atoms. The minimum absolute atomic E-state index is 0.0490. The third-order valence-corrected chi connectivity index (χ3v) is 2.27. The fraction of sp³-hybridized carbons (Fsp3) is 0.455. The summed E-state index contributed by atoms with van der Waals surface area (Å²) in [5.74, 6) is 0.556. The minimum Gasteiger partial charge on any atom is -0.502 e. The Morgan fingerprint density at radius 2 is 1.67 bits per heavy atom. The van der Waals surface area contributed by atoms with Crippen LogP contribution in [0.3, 0.4) is 0 Å². The number of aliphatic hydroxyl groups excluding tert-OH is 1. The van der Waals surface area contributed by atoms with Crippen LogP contribution in [0.4, 0.5) is 0 Å². The van der Waals surface area contributed by atoms with Crippen LogP contribution in [-0.4, -0.2) is 24.4 Å². The number of aliphatic hydroxyl groups is 1. The van der Waals surface area contributed by atoms with Crippen molar-refractivity contribution < 1.29 is 19.7 Å². The van der Waals surface area contributed by atoms with Gasteiger partial charge in [0.25, 0.3) is 0 Å². The van der Waals surface area contributed by atoms with Gasteiger partial charge in [-0.25, -0.2) is 0 Å². The molecule has 0 spiro atoms. The van der Waals surface area contributed by atoms with Gasteiger partial charge in [-0.1, -0.05) is 6.92 Å². The van der Waals surface area contributed by atoms with Gasteiger partial charge in [0.1, 0.15) is 0 Å². The third-order valence-electron chi connectivity index (χ3n) is 2.27. The van der Waals surface area contributed by atoms with E-state index in [1.807, 2.05) is 6.92 Å². The van der Waals surface area contributed by atoms with Crippen molar-refractivity contribution in [1.29, 1.82) is 0 Å². The molecule has 0 aliphatic carbocycles. The first-order chi connectivity index (χ1) is 7.13. The number of ether oxygens (including phenoxy) is 2. The van der Waals surface area contributed by atoms with Gasteiger partial charge in [-0.15, -0.1) is 0 Å². The predicted octanol–water partition coefficient (Wildman–Crippen LogP) is 1.85. The standard InChI is InChI=1S/C11H16O4/c1-4-8(12)7-5-9(14-2)11(13)10(6-7)15-3/h5-6,8,12-13H,4H2,1-3H3/t8-/m1/s1. The van der Waals surface area contributed by atoms with Crippen molar-refractivity contribution >= 4 is 0 Å². The maximum atomic E-state index is 9.67. The Labute approximate surface area is 89.1 Å². The molecule has 0 fully saturated rings. The summed E-state index contributed by atoms with van der Waals surface area (Å²) < 4.78 is 9.96. The molecule has 4 heteroatoms. The number of hydrogen-bond acceptors (Lipinski definition) is 4. The molecule has 1 aromatic rings. The average molecular weight is 212 g/mol. The van der Waals surface area contributed by atoms with Crippen LogP contribution in [0.1, 0.15) is 25.0 Å². The summed E-state index contributed by atoms with van der Waals surface area (Å²) in [6.07, 6.45) is 0.0188. The molecule has 0 bridgehead atoms. The second-order valence-electron chi connectivity index (χ2n) is 3.20. The van der Waals surface area contributed by atoms with Gasteiger partial charge < -0.3 is 19.7 Å². The van der Waals surface area contributed by atoms with Gasteiger partial charge in [0.2, 0.25) is 5.75 Å². The molecule has 0 aromatic heterocycles. The zero-order valence-electron chi connectivity index (χ0n) is 9.15. The van der Waals surface area contributed by atoms with Crippen molar-refractivity contribution in [1.82, 2.24) is 0 Å². The van der Waals surface area contributed by atoms with Gasteiger partial charge in [-0.3, -0.25) is 0 Å². The Balaban J connectivity index is 3.20. The molecule has 1 rings (SSSR count). The highest BCUT2D eigenvalue weighted by Gasteiger charge is 2.14. The molecule has 0 saturated carbocycles. The van der Waals surface area contributed by atoms with Crippen LogP contribution in [-0.2, 0) is 0 Å². The summed E-state index contributed by atoms with van der Waals surface area (Å²) >= 11 is 0. The van der Waals surface area contributed by atoms with E-state index >= 15 is 0 Å². The lowest BCUT2D eigenvalue weighted by Crippen LogP contribution is -1.98. The molecule has 0 aliphatic rings. The predicted molar refractivity (Wildman–Crippen MR) is 56.5 cm³/mol. The number of benzene rings is 1. The molecule has 1 aromatic carbocycles. The summed E-state index contributed by atoms with van der Waals surface area (Å²) in [4.78, 5) is 0. The maximum absolute atomic E-state index is 9.67. The summed E-state index contributed by atoms with van der Waals surface area (Å²) in [6, 6.07) is 3.21. The van der Waals surface area contributed by atoms with Crippen molar-refractivity contribution in [3.63, 3.8) is 0 Å². The zero-order valence-corrected chi connectivity index (χ0v) is 9.15. The van der Waals surface area contributed by atoms with Crippen molar-refractivity contribution in [3.05, 3.63) is 17.7 Å². The lowest BCUT2D eigenvalue weighted by Gasteiger charge is -2.13. The van der Waals surface area contributed by atoms with Crippen LogP contribution in [0.15, 0.2) is 12.1 Å². The molecule has 0 aliphatic heterocycles. The lowest BCUT2D eigenvalue weighted by molar-refractivity contribution is 0.172. The molecule has 84 valence electrons. The lowest BCUT2D eigenvalue weighted by atomic mass is 10.1. The van der Waals surface area contributed by atoms with E-state index in [0.29, 0.717) is 23.5 Å². The van der Waals surface area contributed by atoms with E-state index in [0.717, 1.165) is 0 Å². The monoisotopic (exact) mass is 212 g/mol. The largest absolute Gasteiger partial charge is 0.502 e. The van der Waals surface area contributed by atoms with E-state index in [1.54, 1.807) is 12.1 Å². The Kier molecular flexibility index (Phi) is 3.80. The van der Waals surface area contributed by atoms with E-state index < -0.39 is 6.10 Å². The molecule has 1 atom stereocenters. The Morgan fingerprint density at radius 3 is 2.00 bits per heavy atom. The van der Waals surface area contributed by atoms with Crippen molar-refractivity contribution in [2.45, 2.75) is 19.4 Å². The fourth-order valence-corrected chi connectivity index (χ4v) is 1.34. The van der Waals surface area contributed by atoms with Crippen LogP contribution in [0.5, 0.6) is 17.2 Å². The van der Waals surface area contributed by atoms with Crippen LogP contribution in [0.25, 0.3) is 0 Å². The molecule has 0 radical (unpaired) electrons. The van der Waals surface area contributed by atoms with Gasteiger partial charge in [-0.05, 0) is 24.1 Å². The Bertz CT molecular complexity index is 310. The van der Waals surface area contributed by atoms with Crippen molar-refractivity contribution in [3.8, 4) is 17.2 Å². The highest BCUT2D eigenvalue weighted by molar-refractivity contribution is 5.53. The van der Waals surface area contributed by atoms with E-state index in [4.69, 9.17) is 9.47 Å². The molecule has 0 saturated heterocycles. The van der Waals surface area contributed by atoms with Gasteiger partial charge in [-0.2, -0.15) is 0 Å². The molecule has 0 amide bonds. The summed E-state index contributed by atoms with van der Waals surface area (Å²) in [5, 5.41) is 19.3. The van der Waals surface area contributed by atoms with Crippen LogP contribution < -0.4 is 9.47 Å². The highest BCUT2D eigenvalue weighted by atomic mass is 16.5. The summed E-state index contributed by atoms with van der Waals surface area (Å²) in [5.41, 5.74) is 0.670. The Morgan fingerprint density at radius 1 is 1.20 bits per heavy atom. The van der Waals surface area contributed by atoms with Crippen molar-refractivity contribution in [2.24, 2.45) is 0 Å². The highest BCUT2D eigenvalue weighted by Crippen LogP contribution is 2.38. The number of methoxy groups -OCH3 is 2. The normalized spacial score (nSPS) is 12.3. The number of phenolic OH excluding ortho intramolecular Hbond substituents is 1. The number of hydrogen-bond donors (Lipinski definition) is 2. The second-order valence-corrected chi connectivity index (χ2v) is 3.20. The molecule has 2 N–H and O–H groups in total. The van der Waals surface area contributed by atoms with E-state index in [9.17, 15) is 10.2 Å². The molecule has 0 unspecified atom stereocenters. The van der Waals surface area contributed by atoms with Gasteiger partial charge in [0, 0.05) is 0 Å². The Hall–Kier alpha value is -1.42. The molecular weight excluding hydrogens is 196 g/mol. The number of aromatic hydroxyl groups is 1. The summed E-state index contributed by atoms with van der Waals surface area (Å²) in [6.45, 7) is 1.87. The molecule has 0 heterocycles. The first kappa shape index (κ1) is 11.7. The third kappa shape index (κ3) is 2.33. The van der Waals surface area contributed by atoms with Crippen molar-refractivity contribution in [2.75, 3.05) is 14.2 Å². The first-order valence-electron chi connectivity index (χ1n) is 4.77. The van der Waals surface area contributed by atoms with Crippen LogP contribution in [0.2, 0.25) is 0 Å².